The molecule has 5 heteroatoms. The Morgan fingerprint density at radius 3 is 1.48 bits per heavy atom. The maximum atomic E-state index is 6.90. The average molecular weight is 717 g/mol. The Kier molecular flexibility index (Phi) is 7.42. The number of aromatic nitrogens is 4. The molecular formula is C51H32N4O. The van der Waals surface area contributed by atoms with Crippen LogP contribution in [-0.2, 0) is 0 Å². The van der Waals surface area contributed by atoms with Gasteiger partial charge in [0.2, 0.25) is 0 Å². The smallest absolute Gasteiger partial charge is 0.164 e. The van der Waals surface area contributed by atoms with Gasteiger partial charge in [0.25, 0.3) is 0 Å². The van der Waals surface area contributed by atoms with E-state index in [2.05, 4.69) is 138 Å². The van der Waals surface area contributed by atoms with Gasteiger partial charge < -0.3 is 8.98 Å². The minimum Gasteiger partial charge on any atom is -0.456 e. The molecule has 3 aromatic heterocycles. The molecule has 0 saturated heterocycles. The van der Waals surface area contributed by atoms with Crippen LogP contribution >= 0.6 is 0 Å². The molecule has 0 aliphatic carbocycles. The van der Waals surface area contributed by atoms with E-state index in [9.17, 15) is 0 Å². The summed E-state index contributed by atoms with van der Waals surface area (Å²) in [5.74, 6) is 1.83. The van der Waals surface area contributed by atoms with Gasteiger partial charge in [0.05, 0.1) is 16.7 Å². The molecular weight excluding hydrogens is 685 g/mol. The van der Waals surface area contributed by atoms with Gasteiger partial charge >= 0.3 is 0 Å². The van der Waals surface area contributed by atoms with Gasteiger partial charge in [-0.2, -0.15) is 0 Å². The Morgan fingerprint density at radius 1 is 0.339 bits per heavy atom. The van der Waals surface area contributed by atoms with E-state index in [0.717, 1.165) is 72.0 Å². The molecule has 3 heterocycles. The van der Waals surface area contributed by atoms with Gasteiger partial charge in [0.15, 0.2) is 17.5 Å². The van der Waals surface area contributed by atoms with Crippen LogP contribution in [0.1, 0.15) is 0 Å². The number of furan rings is 1. The van der Waals surface area contributed by atoms with Crippen molar-refractivity contribution in [3.63, 3.8) is 0 Å². The third kappa shape index (κ3) is 5.37. The van der Waals surface area contributed by atoms with Crippen LogP contribution in [0.15, 0.2) is 199 Å². The highest BCUT2D eigenvalue weighted by atomic mass is 16.3. The standard InChI is InChI=1S/C51H32N4O/c1-4-15-33(16-5-1)36-21-14-22-37(29-36)43-31-39(55-44-25-12-10-23-40(44)41-24-11-13-26-45(41)55)32-47-48(43)42-28-27-38(30-46(42)56-47)51-53-49(34-17-6-2-7-18-34)52-50(54-51)35-19-8-3-9-20-35/h1-32H. The fraction of sp³-hybridized carbons (Fsp3) is 0. The normalized spacial score (nSPS) is 11.6. The van der Waals surface area contributed by atoms with Crippen molar-refractivity contribution in [1.29, 1.82) is 0 Å². The minimum atomic E-state index is 0.585. The van der Waals surface area contributed by atoms with Gasteiger partial charge in [0.1, 0.15) is 11.2 Å². The van der Waals surface area contributed by atoms with Crippen molar-refractivity contribution in [2.24, 2.45) is 0 Å². The quantitative estimate of drug-likeness (QED) is 0.172. The minimum absolute atomic E-state index is 0.585. The first-order chi connectivity index (χ1) is 27.7. The highest BCUT2D eigenvalue weighted by Gasteiger charge is 2.20. The van der Waals surface area contributed by atoms with E-state index in [0.29, 0.717) is 17.5 Å². The predicted octanol–water partition coefficient (Wildman–Crippen LogP) is 13.2. The van der Waals surface area contributed by atoms with Crippen molar-refractivity contribution in [2.45, 2.75) is 0 Å². The van der Waals surface area contributed by atoms with E-state index in [-0.39, 0.29) is 0 Å². The number of rotatable bonds is 6. The summed E-state index contributed by atoms with van der Waals surface area (Å²) in [6.07, 6.45) is 0. The first-order valence-corrected chi connectivity index (χ1v) is 18.8. The van der Waals surface area contributed by atoms with Crippen molar-refractivity contribution in [2.75, 3.05) is 0 Å². The SMILES string of the molecule is c1ccc(-c2cccc(-c3cc(-n4c5ccccc5c5ccccc54)cc4oc5cc(-c6nc(-c7ccccc7)nc(-c7ccccc7)n6)ccc5c34)c2)cc1. The van der Waals surface area contributed by atoms with E-state index >= 15 is 0 Å². The summed E-state index contributed by atoms with van der Waals surface area (Å²) in [4.78, 5) is 14.9. The second-order valence-corrected chi connectivity index (χ2v) is 14.0. The maximum Gasteiger partial charge on any atom is 0.164 e. The molecule has 0 spiro atoms. The number of nitrogens with zero attached hydrogens (tertiary/aromatic N) is 4. The number of hydrogen-bond acceptors (Lipinski definition) is 4. The van der Waals surface area contributed by atoms with Crippen LogP contribution in [0.5, 0.6) is 0 Å². The first kappa shape index (κ1) is 31.9. The largest absolute Gasteiger partial charge is 0.456 e. The Labute approximate surface area is 322 Å². The summed E-state index contributed by atoms with van der Waals surface area (Å²) >= 11 is 0. The number of para-hydroxylation sites is 2. The van der Waals surface area contributed by atoms with Crippen LogP contribution in [0.25, 0.3) is 106 Å². The lowest BCUT2D eigenvalue weighted by Gasteiger charge is -2.13. The predicted molar refractivity (Wildman–Crippen MR) is 229 cm³/mol. The van der Waals surface area contributed by atoms with Crippen molar-refractivity contribution in [3.05, 3.63) is 194 Å². The summed E-state index contributed by atoms with van der Waals surface area (Å²) in [6, 6.07) is 67.5. The Morgan fingerprint density at radius 2 is 0.857 bits per heavy atom. The maximum absolute atomic E-state index is 6.90. The van der Waals surface area contributed by atoms with Crippen molar-refractivity contribution < 1.29 is 4.42 Å². The van der Waals surface area contributed by atoms with E-state index in [1.165, 1.54) is 16.3 Å². The van der Waals surface area contributed by atoms with Gasteiger partial charge in [-0.1, -0.05) is 152 Å². The average Bonchev–Trinajstić information content (AvgIpc) is 3.82. The Balaban J connectivity index is 1.15. The molecule has 0 saturated carbocycles. The second-order valence-electron chi connectivity index (χ2n) is 14.0. The zero-order chi connectivity index (χ0) is 37.0. The van der Waals surface area contributed by atoms with E-state index < -0.39 is 0 Å². The molecule has 11 aromatic rings. The molecule has 0 N–H and O–H groups in total. The van der Waals surface area contributed by atoms with Crippen molar-refractivity contribution in [3.8, 4) is 62.1 Å². The molecule has 0 aliphatic rings. The molecule has 0 atom stereocenters. The summed E-state index contributed by atoms with van der Waals surface area (Å²) in [5, 5.41) is 4.52. The van der Waals surface area contributed by atoms with Crippen molar-refractivity contribution >= 4 is 43.7 Å². The molecule has 56 heavy (non-hydrogen) atoms. The van der Waals surface area contributed by atoms with Gasteiger partial charge in [0, 0.05) is 44.3 Å². The van der Waals surface area contributed by atoms with Crippen LogP contribution < -0.4 is 0 Å². The molecule has 0 bridgehead atoms. The summed E-state index contributed by atoms with van der Waals surface area (Å²) in [6.45, 7) is 0. The molecule has 0 fully saturated rings. The third-order valence-corrected chi connectivity index (χ3v) is 10.6. The zero-order valence-corrected chi connectivity index (χ0v) is 30.2. The van der Waals surface area contributed by atoms with Gasteiger partial charge in [-0.25, -0.2) is 15.0 Å². The van der Waals surface area contributed by atoms with Gasteiger partial charge in [-0.3, -0.25) is 0 Å². The lowest BCUT2D eigenvalue weighted by Crippen LogP contribution is -2.00. The summed E-state index contributed by atoms with van der Waals surface area (Å²) in [5.41, 5.74) is 12.2. The number of benzene rings is 8. The lowest BCUT2D eigenvalue weighted by molar-refractivity contribution is 0.669. The molecule has 8 aromatic carbocycles. The summed E-state index contributed by atoms with van der Waals surface area (Å²) in [7, 11) is 0. The number of hydrogen-bond donors (Lipinski definition) is 0. The first-order valence-electron chi connectivity index (χ1n) is 18.8. The van der Waals surface area contributed by atoms with E-state index in [1.54, 1.807) is 0 Å². The van der Waals surface area contributed by atoms with Crippen LogP contribution in [0.2, 0.25) is 0 Å². The fourth-order valence-electron chi connectivity index (χ4n) is 8.02. The van der Waals surface area contributed by atoms with E-state index in [1.807, 2.05) is 60.7 Å². The van der Waals surface area contributed by atoms with Crippen LogP contribution in [0.3, 0.4) is 0 Å². The van der Waals surface area contributed by atoms with Crippen LogP contribution in [0, 0.1) is 0 Å². The molecule has 262 valence electrons. The number of fused-ring (bicyclic) bond motifs is 6. The summed E-state index contributed by atoms with van der Waals surface area (Å²) < 4.78 is 9.26. The molecule has 0 unspecified atom stereocenters. The van der Waals surface area contributed by atoms with E-state index in [4.69, 9.17) is 19.4 Å². The molecule has 11 rings (SSSR count). The third-order valence-electron chi connectivity index (χ3n) is 10.6. The fourth-order valence-corrected chi connectivity index (χ4v) is 8.02. The topological polar surface area (TPSA) is 56.7 Å². The molecule has 0 amide bonds. The van der Waals surface area contributed by atoms with Crippen LogP contribution in [0.4, 0.5) is 0 Å². The van der Waals surface area contributed by atoms with Gasteiger partial charge in [-0.05, 0) is 58.7 Å². The Bertz CT molecular complexity index is 3130. The molecule has 0 aliphatic heterocycles. The highest BCUT2D eigenvalue weighted by Crippen LogP contribution is 2.42. The molecule has 5 nitrogen and oxygen atoms in total. The van der Waals surface area contributed by atoms with Crippen LogP contribution in [-0.4, -0.2) is 19.5 Å². The second kappa shape index (κ2) is 13.0. The highest BCUT2D eigenvalue weighted by molar-refractivity contribution is 6.15. The Hall–Kier alpha value is -7.63. The molecule has 0 radical (unpaired) electrons. The van der Waals surface area contributed by atoms with Crippen molar-refractivity contribution in [1.82, 2.24) is 19.5 Å². The lowest BCUT2D eigenvalue weighted by atomic mass is 9.95. The monoisotopic (exact) mass is 716 g/mol. The van der Waals surface area contributed by atoms with Gasteiger partial charge in [-0.15, -0.1) is 0 Å². The zero-order valence-electron chi connectivity index (χ0n) is 30.2.